The quantitative estimate of drug-likeness (QED) is 0.557. The van der Waals surface area contributed by atoms with Crippen LogP contribution in [-0.2, 0) is 6.54 Å². The van der Waals surface area contributed by atoms with Gasteiger partial charge >= 0.3 is 0 Å². The summed E-state index contributed by atoms with van der Waals surface area (Å²) in [4.78, 5) is 4.79. The summed E-state index contributed by atoms with van der Waals surface area (Å²) < 4.78 is 0. The molecule has 2 N–H and O–H groups in total. The lowest BCUT2D eigenvalue weighted by Gasteiger charge is -2.16. The first-order valence-electron chi connectivity index (χ1n) is 8.89. The third-order valence-electron chi connectivity index (χ3n) is 4.34. The van der Waals surface area contributed by atoms with Gasteiger partial charge in [0.05, 0.1) is 28.0 Å². The molecule has 0 spiro atoms. The van der Waals surface area contributed by atoms with Crippen LogP contribution in [0.25, 0.3) is 0 Å². The van der Waals surface area contributed by atoms with Crippen LogP contribution in [0.4, 0.5) is 11.4 Å². The van der Waals surface area contributed by atoms with E-state index in [4.69, 9.17) is 39.8 Å². The van der Waals surface area contributed by atoms with E-state index >= 15 is 0 Å². The zero-order valence-electron chi connectivity index (χ0n) is 14.5. The lowest BCUT2D eigenvalue weighted by Crippen LogP contribution is -2.14. The largest absolute Gasteiger partial charge is 0.383 e. The number of amidine groups is 1. The van der Waals surface area contributed by atoms with Crippen molar-refractivity contribution in [3.63, 3.8) is 0 Å². The lowest BCUT2D eigenvalue weighted by atomic mass is 10.1. The first kappa shape index (κ1) is 19.3. The summed E-state index contributed by atoms with van der Waals surface area (Å²) in [6.45, 7) is 1.51. The van der Waals surface area contributed by atoms with Crippen LogP contribution in [0.1, 0.15) is 37.7 Å². The molecule has 0 saturated heterocycles. The van der Waals surface area contributed by atoms with Crippen molar-refractivity contribution in [3.8, 4) is 0 Å². The summed E-state index contributed by atoms with van der Waals surface area (Å²) in [7, 11) is 0. The summed E-state index contributed by atoms with van der Waals surface area (Å²) >= 11 is 18.5. The molecule has 0 aliphatic carbocycles. The second kappa shape index (κ2) is 9.50. The van der Waals surface area contributed by atoms with Gasteiger partial charge in [-0.15, -0.1) is 0 Å². The zero-order valence-corrected chi connectivity index (χ0v) is 16.8. The maximum absolute atomic E-state index is 6.23. The Morgan fingerprint density at radius 2 is 1.65 bits per heavy atom. The minimum atomic E-state index is 0.531. The van der Waals surface area contributed by atoms with E-state index in [0.29, 0.717) is 16.6 Å². The first-order valence-corrected chi connectivity index (χ1v) is 10.0. The highest BCUT2D eigenvalue weighted by Gasteiger charge is 2.11. The Morgan fingerprint density at radius 1 is 0.885 bits per heavy atom. The van der Waals surface area contributed by atoms with Gasteiger partial charge in [0.1, 0.15) is 5.84 Å². The lowest BCUT2D eigenvalue weighted by molar-refractivity contribution is 0.668. The second-order valence-electron chi connectivity index (χ2n) is 6.42. The molecule has 2 aromatic rings. The highest BCUT2D eigenvalue weighted by molar-refractivity contribution is 6.42. The highest BCUT2D eigenvalue weighted by atomic mass is 35.5. The maximum atomic E-state index is 6.23. The molecular formula is C20H22Cl3N3. The Kier molecular flexibility index (Phi) is 7.07. The maximum Gasteiger partial charge on any atom is 0.101 e. The number of rotatable bonds is 2. The van der Waals surface area contributed by atoms with E-state index in [1.54, 1.807) is 0 Å². The summed E-state index contributed by atoms with van der Waals surface area (Å²) in [5, 5.41) is 8.72. The van der Waals surface area contributed by atoms with E-state index in [2.05, 4.69) is 10.6 Å². The van der Waals surface area contributed by atoms with Gasteiger partial charge in [0, 0.05) is 18.0 Å². The highest BCUT2D eigenvalue weighted by Crippen LogP contribution is 2.33. The van der Waals surface area contributed by atoms with Crippen LogP contribution >= 0.6 is 34.8 Å². The smallest absolute Gasteiger partial charge is 0.101 e. The number of anilines is 2. The first-order chi connectivity index (χ1) is 12.6. The van der Waals surface area contributed by atoms with Crippen molar-refractivity contribution in [2.75, 3.05) is 17.2 Å². The fourth-order valence-electron chi connectivity index (χ4n) is 2.95. The van der Waals surface area contributed by atoms with Crippen molar-refractivity contribution >= 4 is 52.0 Å². The van der Waals surface area contributed by atoms with Crippen LogP contribution in [0.15, 0.2) is 41.4 Å². The number of hydrogen-bond donors (Lipinski definition) is 2. The third kappa shape index (κ3) is 5.54. The number of fused-ring (bicyclic) bond motifs is 1. The fourth-order valence-corrected chi connectivity index (χ4v) is 3.49. The van der Waals surface area contributed by atoms with Gasteiger partial charge < -0.3 is 10.6 Å². The van der Waals surface area contributed by atoms with Gasteiger partial charge in [-0.25, -0.2) is 0 Å². The molecule has 26 heavy (non-hydrogen) atoms. The minimum Gasteiger partial charge on any atom is -0.383 e. The predicted molar refractivity (Wildman–Crippen MR) is 114 cm³/mol. The van der Waals surface area contributed by atoms with Gasteiger partial charge in [-0.3, -0.25) is 4.99 Å². The molecule has 3 nitrogen and oxygen atoms in total. The molecule has 0 amide bonds. The van der Waals surface area contributed by atoms with Crippen molar-refractivity contribution in [2.45, 2.75) is 38.6 Å². The molecule has 0 unspecified atom stereocenters. The van der Waals surface area contributed by atoms with E-state index in [-0.39, 0.29) is 0 Å². The normalized spacial score (nSPS) is 17.0. The molecule has 0 aromatic heterocycles. The Balaban J connectivity index is 1.85. The molecule has 0 atom stereocenters. The van der Waals surface area contributed by atoms with Crippen LogP contribution in [0.5, 0.6) is 0 Å². The van der Waals surface area contributed by atoms with Crippen molar-refractivity contribution in [3.05, 3.63) is 57.0 Å². The summed E-state index contributed by atoms with van der Waals surface area (Å²) in [5.74, 6) is 0.952. The molecule has 138 valence electrons. The average Bonchev–Trinajstić information content (AvgIpc) is 2.65. The van der Waals surface area contributed by atoms with Gasteiger partial charge in [0.15, 0.2) is 0 Å². The van der Waals surface area contributed by atoms with E-state index in [1.807, 2.05) is 36.4 Å². The molecule has 1 heterocycles. The van der Waals surface area contributed by atoms with Crippen molar-refractivity contribution < 1.29 is 0 Å². The molecule has 0 fully saturated rings. The molecule has 0 radical (unpaired) electrons. The third-order valence-corrected chi connectivity index (χ3v) is 5.29. The van der Waals surface area contributed by atoms with E-state index < -0.39 is 0 Å². The monoisotopic (exact) mass is 409 g/mol. The molecule has 0 saturated carbocycles. The molecule has 0 bridgehead atoms. The van der Waals surface area contributed by atoms with Crippen LogP contribution in [0, 0.1) is 0 Å². The van der Waals surface area contributed by atoms with Crippen LogP contribution in [0.3, 0.4) is 0 Å². The van der Waals surface area contributed by atoms with Crippen molar-refractivity contribution in [1.82, 2.24) is 0 Å². The number of hydrogen-bond acceptors (Lipinski definition) is 2. The number of nitrogens with zero attached hydrogens (tertiary/aromatic N) is 1. The Labute approximate surface area is 169 Å². The topological polar surface area (TPSA) is 36.4 Å². The summed E-state index contributed by atoms with van der Waals surface area (Å²) in [6.07, 6.45) is 5.54. The standard InChI is InChI=1S/C20H22Cl3N3/c21-15-7-5-6-14(10-15)13-25-20-8-3-1-2-4-9-24-18-11-16(22)17(23)12-19(18)26-20/h5-7,10-12,24H,1-4,8-9,13H2,(H,25,26). The Hall–Kier alpha value is -1.42. The van der Waals surface area contributed by atoms with Gasteiger partial charge in [-0.2, -0.15) is 0 Å². The van der Waals surface area contributed by atoms with Crippen molar-refractivity contribution in [2.24, 2.45) is 4.99 Å². The fraction of sp³-hybridized carbons (Fsp3) is 0.350. The molecule has 6 heteroatoms. The van der Waals surface area contributed by atoms with Crippen LogP contribution in [-0.4, -0.2) is 12.4 Å². The molecule has 2 aromatic carbocycles. The van der Waals surface area contributed by atoms with Crippen LogP contribution < -0.4 is 10.6 Å². The van der Waals surface area contributed by atoms with Crippen LogP contribution in [0.2, 0.25) is 15.1 Å². The Morgan fingerprint density at radius 3 is 2.46 bits per heavy atom. The van der Waals surface area contributed by atoms with Gasteiger partial charge in [0.25, 0.3) is 0 Å². The van der Waals surface area contributed by atoms with Crippen molar-refractivity contribution in [1.29, 1.82) is 0 Å². The second-order valence-corrected chi connectivity index (χ2v) is 7.67. The van der Waals surface area contributed by atoms with Gasteiger partial charge in [0.2, 0.25) is 0 Å². The molecule has 1 aliphatic rings. The average molecular weight is 411 g/mol. The Bertz CT molecular complexity index is 790. The zero-order chi connectivity index (χ0) is 18.4. The number of nitrogens with one attached hydrogen (secondary N) is 2. The predicted octanol–water partition coefficient (Wildman–Crippen LogP) is 7.03. The van der Waals surface area contributed by atoms with Gasteiger partial charge in [-0.1, -0.05) is 59.8 Å². The summed E-state index contributed by atoms with van der Waals surface area (Å²) in [5.41, 5.74) is 2.96. The molecule has 3 rings (SSSR count). The number of halogens is 3. The summed E-state index contributed by atoms with van der Waals surface area (Å²) in [6, 6.07) is 11.5. The van der Waals surface area contributed by atoms with E-state index in [1.165, 1.54) is 12.8 Å². The van der Waals surface area contributed by atoms with E-state index in [0.717, 1.165) is 53.6 Å². The number of aliphatic imine (C=N–C) groups is 1. The number of benzene rings is 2. The minimum absolute atomic E-state index is 0.531. The van der Waals surface area contributed by atoms with E-state index in [9.17, 15) is 0 Å². The molecule has 1 aliphatic heterocycles. The SMILES string of the molecule is Clc1cccc(CN=C2CCCCCCNc3cc(Cl)c(Cl)cc3N2)c1. The van der Waals surface area contributed by atoms with Gasteiger partial charge in [-0.05, 0) is 42.7 Å². The molecular weight excluding hydrogens is 389 g/mol.